The van der Waals surface area contributed by atoms with Crippen LogP contribution in [0.3, 0.4) is 0 Å². The van der Waals surface area contributed by atoms with Gasteiger partial charge < -0.3 is 20.4 Å². The van der Waals surface area contributed by atoms with Gasteiger partial charge in [-0.15, -0.1) is 0 Å². The Hall–Kier alpha value is -3.28. The van der Waals surface area contributed by atoms with Gasteiger partial charge in [0.15, 0.2) is 0 Å². The third kappa shape index (κ3) is 4.75. The largest absolute Gasteiger partial charge is 0.369 e. The molecule has 0 radical (unpaired) electrons. The number of fused-ring (bicyclic) bond motifs is 1. The second-order valence-corrected chi connectivity index (χ2v) is 9.10. The monoisotopic (exact) mass is 442 g/mol. The van der Waals surface area contributed by atoms with E-state index in [1.54, 1.807) is 6.20 Å². The topological polar surface area (TPSA) is 93.0 Å². The molecule has 8 heteroatoms. The molecule has 0 spiro atoms. The van der Waals surface area contributed by atoms with Gasteiger partial charge in [-0.05, 0) is 36.6 Å². The van der Waals surface area contributed by atoms with Gasteiger partial charge in [-0.25, -0.2) is 9.97 Å². The van der Waals surface area contributed by atoms with Crippen LogP contribution in [0.2, 0.25) is 0 Å². The molecule has 2 aliphatic rings. The fourth-order valence-electron chi connectivity index (χ4n) is 4.95. The fraction of sp³-hybridized carbons (Fsp3) is 0.440. The maximum absolute atomic E-state index is 9.46. The molecule has 2 aromatic heterocycles. The highest BCUT2D eigenvalue weighted by molar-refractivity contribution is 5.95. The molecule has 8 nitrogen and oxygen atoms in total. The number of nitrogens with one attached hydrogen (secondary N) is 2. The van der Waals surface area contributed by atoms with Gasteiger partial charge in [0.2, 0.25) is 5.95 Å². The number of pyridine rings is 1. The lowest BCUT2D eigenvalue weighted by Crippen LogP contribution is -2.48. The highest BCUT2D eigenvalue weighted by Crippen LogP contribution is 2.31. The Morgan fingerprint density at radius 3 is 2.70 bits per heavy atom. The zero-order valence-electron chi connectivity index (χ0n) is 19.0. The number of aromatic nitrogens is 3. The average Bonchev–Trinajstić information content (AvgIpc) is 2.87. The molecule has 2 atom stereocenters. The van der Waals surface area contributed by atoms with E-state index < -0.39 is 0 Å². The Labute approximate surface area is 194 Å². The molecule has 0 amide bonds. The minimum Gasteiger partial charge on any atom is -0.369 e. The molecule has 5 rings (SSSR count). The normalized spacial score (nSPS) is 21.2. The van der Waals surface area contributed by atoms with E-state index in [9.17, 15) is 5.26 Å². The summed E-state index contributed by atoms with van der Waals surface area (Å²) < 4.78 is 0. The standard InChI is InChI=1S/C25H30N8/c1-18-11-21(29-13-19-14-30-25(31-15-19)32-9-7-27-8-10-32)17-33(16-18)23-5-4-20(12-26)24-22(23)3-2-6-28-24/h2-6,14-15,18,21,27,29H,7-11,13,16-17H2,1H3. The Morgan fingerprint density at radius 1 is 1.09 bits per heavy atom. The number of hydrogen-bond donors (Lipinski definition) is 2. The first-order chi connectivity index (χ1) is 16.2. The van der Waals surface area contributed by atoms with Gasteiger partial charge in [0.05, 0.1) is 11.1 Å². The first-order valence-corrected chi connectivity index (χ1v) is 11.7. The molecular formula is C25H30N8. The summed E-state index contributed by atoms with van der Waals surface area (Å²) in [5.74, 6) is 1.38. The van der Waals surface area contributed by atoms with Gasteiger partial charge in [-0.1, -0.05) is 6.92 Å². The summed E-state index contributed by atoms with van der Waals surface area (Å²) in [5, 5.41) is 17.6. The van der Waals surface area contributed by atoms with Crippen LogP contribution in [-0.4, -0.2) is 60.3 Å². The van der Waals surface area contributed by atoms with E-state index in [0.29, 0.717) is 17.5 Å². The molecular weight excluding hydrogens is 412 g/mol. The van der Waals surface area contributed by atoms with Crippen molar-refractivity contribution in [1.29, 1.82) is 5.26 Å². The number of anilines is 2. The van der Waals surface area contributed by atoms with Crippen molar-refractivity contribution >= 4 is 22.5 Å². The molecule has 1 aromatic carbocycles. The van der Waals surface area contributed by atoms with Crippen LogP contribution in [0.15, 0.2) is 42.9 Å². The molecule has 0 aliphatic carbocycles. The second-order valence-electron chi connectivity index (χ2n) is 9.10. The molecule has 0 bridgehead atoms. The smallest absolute Gasteiger partial charge is 0.225 e. The van der Waals surface area contributed by atoms with Crippen molar-refractivity contribution in [3.8, 4) is 6.07 Å². The Bertz CT molecular complexity index is 1130. The number of benzene rings is 1. The Balaban J connectivity index is 1.26. The maximum Gasteiger partial charge on any atom is 0.225 e. The van der Waals surface area contributed by atoms with Crippen molar-refractivity contribution < 1.29 is 0 Å². The lowest BCUT2D eigenvalue weighted by molar-refractivity contribution is 0.350. The predicted molar refractivity (Wildman–Crippen MR) is 130 cm³/mol. The SMILES string of the molecule is CC1CC(NCc2cnc(N3CCNCC3)nc2)CN(c2ccc(C#N)c3ncccc23)C1. The van der Waals surface area contributed by atoms with E-state index in [1.165, 1.54) is 0 Å². The quantitative estimate of drug-likeness (QED) is 0.622. The van der Waals surface area contributed by atoms with Crippen molar-refractivity contribution in [2.45, 2.75) is 25.9 Å². The van der Waals surface area contributed by atoms with Crippen LogP contribution >= 0.6 is 0 Å². The summed E-state index contributed by atoms with van der Waals surface area (Å²) in [4.78, 5) is 18.3. The number of piperidine rings is 1. The van der Waals surface area contributed by atoms with Gasteiger partial charge >= 0.3 is 0 Å². The van der Waals surface area contributed by atoms with Crippen LogP contribution in [0.4, 0.5) is 11.6 Å². The van der Waals surface area contributed by atoms with Gasteiger partial charge in [0, 0.05) is 87.1 Å². The van der Waals surface area contributed by atoms with Crippen LogP contribution in [-0.2, 0) is 6.54 Å². The molecule has 170 valence electrons. The summed E-state index contributed by atoms with van der Waals surface area (Å²) in [6, 6.07) is 10.6. The van der Waals surface area contributed by atoms with E-state index in [1.807, 2.05) is 24.5 Å². The zero-order chi connectivity index (χ0) is 22.6. The van der Waals surface area contributed by atoms with Crippen molar-refractivity contribution in [3.05, 3.63) is 54.0 Å². The highest BCUT2D eigenvalue weighted by atomic mass is 15.3. The van der Waals surface area contributed by atoms with E-state index >= 15 is 0 Å². The molecule has 2 N–H and O–H groups in total. The summed E-state index contributed by atoms with van der Waals surface area (Å²) in [5.41, 5.74) is 3.66. The van der Waals surface area contributed by atoms with Crippen LogP contribution < -0.4 is 20.4 Å². The number of nitriles is 1. The lowest BCUT2D eigenvalue weighted by Gasteiger charge is -2.39. The summed E-state index contributed by atoms with van der Waals surface area (Å²) in [7, 11) is 0. The van der Waals surface area contributed by atoms with E-state index in [4.69, 9.17) is 0 Å². The van der Waals surface area contributed by atoms with Crippen LogP contribution in [0.25, 0.3) is 10.9 Å². The van der Waals surface area contributed by atoms with Crippen LogP contribution in [0, 0.1) is 17.2 Å². The molecule has 2 unspecified atom stereocenters. The first-order valence-electron chi connectivity index (χ1n) is 11.7. The zero-order valence-corrected chi connectivity index (χ0v) is 19.0. The van der Waals surface area contributed by atoms with Crippen LogP contribution in [0.1, 0.15) is 24.5 Å². The summed E-state index contributed by atoms with van der Waals surface area (Å²) in [6.45, 7) is 8.83. The third-order valence-corrected chi connectivity index (χ3v) is 6.55. The Kier molecular flexibility index (Phi) is 6.33. The molecule has 2 saturated heterocycles. The average molecular weight is 443 g/mol. The summed E-state index contributed by atoms with van der Waals surface area (Å²) in [6.07, 6.45) is 6.77. The number of hydrogen-bond acceptors (Lipinski definition) is 8. The van der Waals surface area contributed by atoms with Gasteiger partial charge in [0.25, 0.3) is 0 Å². The molecule has 0 saturated carbocycles. The van der Waals surface area contributed by atoms with Crippen molar-refractivity contribution in [2.24, 2.45) is 5.92 Å². The van der Waals surface area contributed by atoms with Gasteiger partial charge in [-0.3, -0.25) is 4.98 Å². The lowest BCUT2D eigenvalue weighted by atomic mass is 9.94. The first kappa shape index (κ1) is 21.6. The predicted octanol–water partition coefficient (Wildman–Crippen LogP) is 2.31. The van der Waals surface area contributed by atoms with E-state index in [2.05, 4.69) is 60.5 Å². The second kappa shape index (κ2) is 9.69. The number of nitrogens with zero attached hydrogens (tertiary/aromatic N) is 6. The minimum absolute atomic E-state index is 0.365. The molecule has 2 fully saturated rings. The third-order valence-electron chi connectivity index (χ3n) is 6.55. The highest BCUT2D eigenvalue weighted by Gasteiger charge is 2.26. The minimum atomic E-state index is 0.365. The number of piperazine rings is 1. The van der Waals surface area contributed by atoms with Crippen LogP contribution in [0.5, 0.6) is 0 Å². The van der Waals surface area contributed by atoms with Crippen molar-refractivity contribution in [3.63, 3.8) is 0 Å². The molecule has 4 heterocycles. The van der Waals surface area contributed by atoms with E-state index in [-0.39, 0.29) is 0 Å². The summed E-state index contributed by atoms with van der Waals surface area (Å²) >= 11 is 0. The number of rotatable bonds is 5. The van der Waals surface area contributed by atoms with E-state index in [0.717, 1.165) is 80.3 Å². The molecule has 33 heavy (non-hydrogen) atoms. The van der Waals surface area contributed by atoms with Gasteiger partial charge in [0.1, 0.15) is 6.07 Å². The molecule has 3 aromatic rings. The fourth-order valence-corrected chi connectivity index (χ4v) is 4.95. The maximum atomic E-state index is 9.46. The Morgan fingerprint density at radius 2 is 1.91 bits per heavy atom. The van der Waals surface area contributed by atoms with Gasteiger partial charge in [-0.2, -0.15) is 5.26 Å². The molecule has 2 aliphatic heterocycles. The van der Waals surface area contributed by atoms with Crippen molar-refractivity contribution in [1.82, 2.24) is 25.6 Å². The van der Waals surface area contributed by atoms with Crippen molar-refractivity contribution in [2.75, 3.05) is 49.1 Å².